The van der Waals surface area contributed by atoms with Gasteiger partial charge in [0, 0.05) is 10.0 Å². The average molecular weight is 371 g/mol. The molecular weight excluding hydrogens is 356 g/mol. The summed E-state index contributed by atoms with van der Waals surface area (Å²) in [5.74, 6) is -0.479. The van der Waals surface area contributed by atoms with Crippen LogP contribution in [-0.2, 0) is 4.79 Å². The van der Waals surface area contributed by atoms with E-state index >= 15 is 0 Å². The van der Waals surface area contributed by atoms with Crippen LogP contribution in [0.3, 0.4) is 0 Å². The van der Waals surface area contributed by atoms with Crippen LogP contribution in [-0.4, -0.2) is 11.0 Å². The van der Waals surface area contributed by atoms with E-state index < -0.39 is 5.91 Å². The Bertz CT molecular complexity index is 779. The molecule has 5 heteroatoms. The first kappa shape index (κ1) is 16.8. The molecule has 0 bridgehead atoms. The molecule has 0 spiro atoms. The number of carbonyl (C=O) groups is 1. The summed E-state index contributed by atoms with van der Waals surface area (Å²) in [4.78, 5) is 12.3. The van der Waals surface area contributed by atoms with Gasteiger partial charge in [-0.3, -0.25) is 4.79 Å². The Morgan fingerprint density at radius 2 is 2.00 bits per heavy atom. The number of amides is 1. The van der Waals surface area contributed by atoms with Gasteiger partial charge in [-0.2, -0.15) is 5.26 Å². The molecule has 23 heavy (non-hydrogen) atoms. The maximum Gasteiger partial charge on any atom is 0.262 e. The molecule has 0 aliphatic rings. The van der Waals surface area contributed by atoms with Gasteiger partial charge in [-0.1, -0.05) is 46.3 Å². The quantitative estimate of drug-likeness (QED) is 0.632. The van der Waals surface area contributed by atoms with E-state index in [9.17, 15) is 15.2 Å². The van der Waals surface area contributed by atoms with Crippen LogP contribution in [0.5, 0.6) is 5.75 Å². The van der Waals surface area contributed by atoms with Crippen LogP contribution < -0.4 is 5.32 Å². The number of nitrogens with zero attached hydrogens (tertiary/aromatic N) is 1. The number of halogens is 1. The zero-order valence-electron chi connectivity index (χ0n) is 12.5. The molecule has 0 aliphatic carbocycles. The van der Waals surface area contributed by atoms with Gasteiger partial charge in [0.1, 0.15) is 17.4 Å². The van der Waals surface area contributed by atoms with Crippen LogP contribution >= 0.6 is 15.9 Å². The molecule has 2 rings (SSSR count). The topological polar surface area (TPSA) is 73.1 Å². The second kappa shape index (κ2) is 7.61. The fourth-order valence-electron chi connectivity index (χ4n) is 2.04. The number of hydrogen-bond acceptors (Lipinski definition) is 3. The smallest absolute Gasteiger partial charge is 0.262 e. The number of benzene rings is 2. The number of carbonyl (C=O) groups excluding carboxylic acids is 1. The first-order chi connectivity index (χ1) is 11.0. The summed E-state index contributed by atoms with van der Waals surface area (Å²) >= 11 is 3.29. The van der Waals surface area contributed by atoms with Crippen LogP contribution in [0.25, 0.3) is 6.08 Å². The average Bonchev–Trinajstić information content (AvgIpc) is 2.56. The van der Waals surface area contributed by atoms with E-state index in [-0.39, 0.29) is 17.4 Å². The van der Waals surface area contributed by atoms with Crippen LogP contribution in [0.15, 0.2) is 58.6 Å². The van der Waals surface area contributed by atoms with Crippen molar-refractivity contribution in [2.45, 2.75) is 13.0 Å². The van der Waals surface area contributed by atoms with E-state index in [0.717, 1.165) is 10.0 Å². The predicted molar refractivity (Wildman–Crippen MR) is 92.4 cm³/mol. The minimum absolute atomic E-state index is 0.00450. The number of phenols is 1. The van der Waals surface area contributed by atoms with Crippen molar-refractivity contribution in [1.29, 1.82) is 5.26 Å². The Morgan fingerprint density at radius 1 is 1.30 bits per heavy atom. The Kier molecular flexibility index (Phi) is 5.56. The monoisotopic (exact) mass is 370 g/mol. The predicted octanol–water partition coefficient (Wildman–Crippen LogP) is 3.94. The molecule has 0 saturated heterocycles. The first-order valence-electron chi connectivity index (χ1n) is 6.97. The van der Waals surface area contributed by atoms with Crippen LogP contribution in [0.2, 0.25) is 0 Å². The van der Waals surface area contributed by atoms with Crippen molar-refractivity contribution < 1.29 is 9.90 Å². The van der Waals surface area contributed by atoms with Crippen molar-refractivity contribution >= 4 is 27.9 Å². The molecule has 0 heterocycles. The largest absolute Gasteiger partial charge is 0.507 e. The lowest BCUT2D eigenvalue weighted by Crippen LogP contribution is -2.27. The third-order valence-electron chi connectivity index (χ3n) is 3.30. The minimum atomic E-state index is -0.483. The highest BCUT2D eigenvalue weighted by molar-refractivity contribution is 9.10. The zero-order valence-corrected chi connectivity index (χ0v) is 14.0. The van der Waals surface area contributed by atoms with Crippen molar-refractivity contribution in [3.63, 3.8) is 0 Å². The van der Waals surface area contributed by atoms with Gasteiger partial charge < -0.3 is 10.4 Å². The van der Waals surface area contributed by atoms with E-state index in [1.165, 1.54) is 12.1 Å². The molecule has 2 aromatic rings. The van der Waals surface area contributed by atoms with Crippen LogP contribution in [0.1, 0.15) is 24.1 Å². The van der Waals surface area contributed by atoms with Gasteiger partial charge >= 0.3 is 0 Å². The lowest BCUT2D eigenvalue weighted by Gasteiger charge is -2.13. The molecule has 0 unspecified atom stereocenters. The molecule has 0 radical (unpaired) electrons. The number of rotatable bonds is 4. The minimum Gasteiger partial charge on any atom is -0.507 e. The van der Waals surface area contributed by atoms with Gasteiger partial charge in [0.25, 0.3) is 5.91 Å². The summed E-state index contributed by atoms with van der Waals surface area (Å²) in [6.45, 7) is 1.85. The van der Waals surface area contributed by atoms with Crippen molar-refractivity contribution in [2.75, 3.05) is 0 Å². The Morgan fingerprint density at radius 3 is 2.65 bits per heavy atom. The maximum absolute atomic E-state index is 12.3. The van der Waals surface area contributed by atoms with Gasteiger partial charge in [0.05, 0.1) is 6.04 Å². The summed E-state index contributed by atoms with van der Waals surface area (Å²) in [5, 5.41) is 21.8. The van der Waals surface area contributed by atoms with Crippen molar-refractivity contribution in [3.05, 3.63) is 69.7 Å². The molecule has 0 aliphatic heterocycles. The molecule has 0 saturated carbocycles. The molecule has 4 nitrogen and oxygen atoms in total. The Labute approximate surface area is 143 Å². The number of nitriles is 1. The fraction of sp³-hybridized carbons (Fsp3) is 0.111. The van der Waals surface area contributed by atoms with Crippen LogP contribution in [0, 0.1) is 11.3 Å². The molecule has 1 atom stereocenters. The first-order valence-corrected chi connectivity index (χ1v) is 7.76. The van der Waals surface area contributed by atoms with E-state index in [1.807, 2.05) is 43.3 Å². The molecule has 2 aromatic carbocycles. The number of aromatic hydroxyl groups is 1. The standard InChI is InChI=1S/C18H15BrN2O2/c1-12(13-5-3-2-4-6-13)21-18(23)15(11-20)9-14-10-16(19)7-8-17(14)22/h2-10,12,22H,1H3,(H,21,23)/b15-9+/t12-/m1/s1. The molecule has 2 N–H and O–H groups in total. The molecular formula is C18H15BrN2O2. The molecule has 0 fully saturated rings. The lowest BCUT2D eigenvalue weighted by molar-refractivity contribution is -0.117. The van der Waals surface area contributed by atoms with Gasteiger partial charge in [0.15, 0.2) is 0 Å². The second-order valence-electron chi connectivity index (χ2n) is 4.98. The molecule has 0 aromatic heterocycles. The summed E-state index contributed by atoms with van der Waals surface area (Å²) in [6, 6.07) is 15.9. The van der Waals surface area contributed by atoms with Gasteiger partial charge in [-0.15, -0.1) is 0 Å². The molecule has 1 amide bonds. The van der Waals surface area contributed by atoms with Crippen LogP contribution in [0.4, 0.5) is 0 Å². The van der Waals surface area contributed by atoms with E-state index in [4.69, 9.17) is 0 Å². The normalized spacial score (nSPS) is 12.3. The lowest BCUT2D eigenvalue weighted by atomic mass is 10.1. The number of nitrogens with one attached hydrogen (secondary N) is 1. The van der Waals surface area contributed by atoms with E-state index in [1.54, 1.807) is 12.1 Å². The summed E-state index contributed by atoms with van der Waals surface area (Å²) < 4.78 is 0.747. The van der Waals surface area contributed by atoms with Gasteiger partial charge in [-0.05, 0) is 36.8 Å². The SMILES string of the molecule is C[C@@H](NC(=O)/C(C#N)=C/c1cc(Br)ccc1O)c1ccccc1. The highest BCUT2D eigenvalue weighted by atomic mass is 79.9. The molecule has 116 valence electrons. The Hall–Kier alpha value is -2.58. The van der Waals surface area contributed by atoms with E-state index in [2.05, 4.69) is 21.2 Å². The fourth-order valence-corrected chi connectivity index (χ4v) is 2.42. The van der Waals surface area contributed by atoms with Gasteiger partial charge in [0.2, 0.25) is 0 Å². The number of hydrogen-bond donors (Lipinski definition) is 2. The van der Waals surface area contributed by atoms with Crippen molar-refractivity contribution in [1.82, 2.24) is 5.32 Å². The summed E-state index contributed by atoms with van der Waals surface area (Å²) in [5.41, 5.74) is 1.28. The number of phenolic OH excluding ortho intramolecular Hbond substituents is 1. The maximum atomic E-state index is 12.3. The highest BCUT2D eigenvalue weighted by Crippen LogP contribution is 2.24. The zero-order chi connectivity index (χ0) is 16.8. The highest BCUT2D eigenvalue weighted by Gasteiger charge is 2.14. The van der Waals surface area contributed by atoms with Gasteiger partial charge in [-0.25, -0.2) is 0 Å². The van der Waals surface area contributed by atoms with Crippen molar-refractivity contribution in [3.8, 4) is 11.8 Å². The van der Waals surface area contributed by atoms with Crippen molar-refractivity contribution in [2.24, 2.45) is 0 Å². The third kappa shape index (κ3) is 4.44. The summed E-state index contributed by atoms with van der Waals surface area (Å²) in [6.07, 6.45) is 1.37. The third-order valence-corrected chi connectivity index (χ3v) is 3.79. The summed E-state index contributed by atoms with van der Waals surface area (Å²) in [7, 11) is 0. The second-order valence-corrected chi connectivity index (χ2v) is 5.89. The Balaban J connectivity index is 2.20. The van der Waals surface area contributed by atoms with E-state index in [0.29, 0.717) is 5.56 Å².